The minimum absolute atomic E-state index is 0.196. The third kappa shape index (κ3) is 4.96. The van der Waals surface area contributed by atoms with Gasteiger partial charge in [-0.25, -0.2) is 4.79 Å². The zero-order valence-electron chi connectivity index (χ0n) is 9.60. The van der Waals surface area contributed by atoms with Gasteiger partial charge in [0.1, 0.15) is 0 Å². The molecule has 0 fully saturated rings. The van der Waals surface area contributed by atoms with Crippen molar-refractivity contribution in [3.05, 3.63) is 30.1 Å². The summed E-state index contributed by atoms with van der Waals surface area (Å²) < 4.78 is 4.66. The van der Waals surface area contributed by atoms with E-state index < -0.39 is 6.09 Å². The van der Waals surface area contributed by atoms with Crippen LogP contribution in [-0.4, -0.2) is 36.7 Å². The first-order valence-electron chi connectivity index (χ1n) is 5.33. The molecule has 2 amide bonds. The van der Waals surface area contributed by atoms with Crippen LogP contribution in [0.15, 0.2) is 24.5 Å². The summed E-state index contributed by atoms with van der Waals surface area (Å²) in [5, 5.41) is 5.16. The fourth-order valence-corrected chi connectivity index (χ4v) is 1.13. The lowest BCUT2D eigenvalue weighted by atomic mass is 10.2. The smallest absolute Gasteiger partial charge is 0.407 e. The molecule has 0 unspecified atom stereocenters. The van der Waals surface area contributed by atoms with Gasteiger partial charge in [0, 0.05) is 31.0 Å². The van der Waals surface area contributed by atoms with Crippen LogP contribution in [0.25, 0.3) is 0 Å². The van der Waals surface area contributed by atoms with E-state index in [0.717, 1.165) is 0 Å². The highest BCUT2D eigenvalue weighted by Gasteiger charge is 2.04. The molecule has 2 N–H and O–H groups in total. The third-order valence-electron chi connectivity index (χ3n) is 1.90. The van der Waals surface area contributed by atoms with Crippen molar-refractivity contribution in [2.24, 2.45) is 0 Å². The fraction of sp³-hybridized carbons (Fsp3) is 0.364. The number of ether oxygens (including phenoxy) is 1. The number of amides is 2. The summed E-state index contributed by atoms with van der Waals surface area (Å²) in [6.07, 6.45) is 2.61. The van der Waals surface area contributed by atoms with E-state index in [9.17, 15) is 9.59 Å². The number of carbonyl (C=O) groups excluding carboxylic acids is 2. The molecule has 17 heavy (non-hydrogen) atoms. The van der Waals surface area contributed by atoms with Gasteiger partial charge in [0.25, 0.3) is 5.91 Å². The van der Waals surface area contributed by atoms with Crippen LogP contribution in [0.5, 0.6) is 0 Å². The average Bonchev–Trinajstić information content (AvgIpc) is 2.36. The highest BCUT2D eigenvalue weighted by atomic mass is 16.5. The van der Waals surface area contributed by atoms with Gasteiger partial charge in [0.15, 0.2) is 0 Å². The third-order valence-corrected chi connectivity index (χ3v) is 1.90. The highest BCUT2D eigenvalue weighted by molar-refractivity contribution is 5.93. The molecule has 1 rings (SSSR count). The molecule has 0 aromatic carbocycles. The Morgan fingerprint density at radius 2 is 1.88 bits per heavy atom. The molecule has 0 aliphatic carbocycles. The second-order valence-corrected chi connectivity index (χ2v) is 3.14. The fourth-order valence-electron chi connectivity index (χ4n) is 1.13. The first-order chi connectivity index (χ1) is 8.24. The average molecular weight is 237 g/mol. The molecule has 0 bridgehead atoms. The SMILES string of the molecule is CCOC(=O)NCCNC(=O)c1ccncc1. The van der Waals surface area contributed by atoms with Gasteiger partial charge in [-0.15, -0.1) is 0 Å². The molecule has 0 saturated carbocycles. The normalized spacial score (nSPS) is 9.47. The lowest BCUT2D eigenvalue weighted by Gasteiger charge is -2.06. The van der Waals surface area contributed by atoms with Crippen molar-refractivity contribution in [2.45, 2.75) is 6.92 Å². The summed E-state index contributed by atoms with van der Waals surface area (Å²) in [5.41, 5.74) is 0.538. The topological polar surface area (TPSA) is 80.3 Å². The molecular weight excluding hydrogens is 222 g/mol. The molecule has 0 aliphatic rings. The second-order valence-electron chi connectivity index (χ2n) is 3.14. The molecule has 0 aliphatic heterocycles. The summed E-state index contributed by atoms with van der Waals surface area (Å²) in [4.78, 5) is 26.2. The molecule has 92 valence electrons. The monoisotopic (exact) mass is 237 g/mol. The van der Waals surface area contributed by atoms with Crippen molar-refractivity contribution >= 4 is 12.0 Å². The lowest BCUT2D eigenvalue weighted by Crippen LogP contribution is -2.34. The van der Waals surface area contributed by atoms with E-state index in [1.165, 1.54) is 0 Å². The summed E-state index contributed by atoms with van der Waals surface area (Å²) in [6, 6.07) is 3.24. The molecule has 6 heteroatoms. The van der Waals surface area contributed by atoms with Gasteiger partial charge in [-0.2, -0.15) is 0 Å². The number of pyridine rings is 1. The summed E-state index contributed by atoms with van der Waals surface area (Å²) in [5.74, 6) is -0.196. The van der Waals surface area contributed by atoms with Crippen LogP contribution < -0.4 is 10.6 Å². The highest BCUT2D eigenvalue weighted by Crippen LogP contribution is 1.94. The minimum Gasteiger partial charge on any atom is -0.450 e. The van der Waals surface area contributed by atoms with Crippen LogP contribution in [-0.2, 0) is 4.74 Å². The number of alkyl carbamates (subject to hydrolysis) is 1. The van der Waals surface area contributed by atoms with Crippen LogP contribution in [0.2, 0.25) is 0 Å². The summed E-state index contributed by atoms with van der Waals surface area (Å²) in [6.45, 7) is 2.73. The predicted octanol–water partition coefficient (Wildman–Crippen LogP) is 0.557. The van der Waals surface area contributed by atoms with Gasteiger partial charge >= 0.3 is 6.09 Å². The van der Waals surface area contributed by atoms with E-state index in [-0.39, 0.29) is 5.91 Å². The molecule has 6 nitrogen and oxygen atoms in total. The van der Waals surface area contributed by atoms with Gasteiger partial charge in [-0.3, -0.25) is 9.78 Å². The zero-order chi connectivity index (χ0) is 12.5. The maximum Gasteiger partial charge on any atom is 0.407 e. The van der Waals surface area contributed by atoms with Crippen LogP contribution in [0, 0.1) is 0 Å². The first-order valence-corrected chi connectivity index (χ1v) is 5.33. The van der Waals surface area contributed by atoms with E-state index in [4.69, 9.17) is 0 Å². The summed E-state index contributed by atoms with van der Waals surface area (Å²) in [7, 11) is 0. The van der Waals surface area contributed by atoms with Crippen molar-refractivity contribution in [1.82, 2.24) is 15.6 Å². The van der Waals surface area contributed by atoms with Crippen LogP contribution in [0.3, 0.4) is 0 Å². The van der Waals surface area contributed by atoms with Crippen LogP contribution in [0.1, 0.15) is 17.3 Å². The number of aromatic nitrogens is 1. The number of hydrogen-bond donors (Lipinski definition) is 2. The number of nitrogens with one attached hydrogen (secondary N) is 2. The quantitative estimate of drug-likeness (QED) is 0.733. The van der Waals surface area contributed by atoms with Crippen molar-refractivity contribution in [3.8, 4) is 0 Å². The van der Waals surface area contributed by atoms with E-state index in [1.54, 1.807) is 31.5 Å². The second kappa shape index (κ2) is 7.21. The zero-order valence-corrected chi connectivity index (χ0v) is 9.60. The number of carbonyl (C=O) groups is 2. The van der Waals surface area contributed by atoms with Gasteiger partial charge in [-0.1, -0.05) is 0 Å². The van der Waals surface area contributed by atoms with E-state index in [2.05, 4.69) is 20.4 Å². The largest absolute Gasteiger partial charge is 0.450 e. The molecule has 1 aromatic heterocycles. The van der Waals surface area contributed by atoms with Crippen molar-refractivity contribution < 1.29 is 14.3 Å². The Hall–Kier alpha value is -2.11. The standard InChI is InChI=1S/C11H15N3O3/c1-2-17-11(16)14-8-7-13-10(15)9-3-5-12-6-4-9/h3-6H,2,7-8H2,1H3,(H,13,15)(H,14,16). The molecule has 1 aromatic rings. The Labute approximate surface area is 99.4 Å². The Bertz CT molecular complexity index is 367. The number of nitrogens with zero attached hydrogens (tertiary/aromatic N) is 1. The van der Waals surface area contributed by atoms with Crippen LogP contribution >= 0.6 is 0 Å². The Balaban J connectivity index is 2.19. The van der Waals surface area contributed by atoms with E-state index in [0.29, 0.717) is 25.3 Å². The molecule has 0 spiro atoms. The summed E-state index contributed by atoms with van der Waals surface area (Å²) >= 11 is 0. The number of hydrogen-bond acceptors (Lipinski definition) is 4. The van der Waals surface area contributed by atoms with Crippen molar-refractivity contribution in [3.63, 3.8) is 0 Å². The van der Waals surface area contributed by atoms with Gasteiger partial charge < -0.3 is 15.4 Å². The molecule has 0 atom stereocenters. The predicted molar refractivity (Wildman–Crippen MR) is 61.6 cm³/mol. The van der Waals surface area contributed by atoms with Gasteiger partial charge in [0.2, 0.25) is 0 Å². The molecular formula is C11H15N3O3. The van der Waals surface area contributed by atoms with E-state index >= 15 is 0 Å². The lowest BCUT2D eigenvalue weighted by molar-refractivity contribution is 0.0952. The van der Waals surface area contributed by atoms with Crippen molar-refractivity contribution in [1.29, 1.82) is 0 Å². The molecule has 0 saturated heterocycles. The minimum atomic E-state index is -0.481. The maximum absolute atomic E-state index is 11.5. The Morgan fingerprint density at radius 3 is 2.53 bits per heavy atom. The van der Waals surface area contributed by atoms with E-state index in [1.807, 2.05) is 0 Å². The number of rotatable bonds is 5. The molecule has 0 radical (unpaired) electrons. The van der Waals surface area contributed by atoms with Crippen molar-refractivity contribution in [2.75, 3.05) is 19.7 Å². The maximum atomic E-state index is 11.5. The first kappa shape index (κ1) is 13.0. The Kier molecular flexibility index (Phi) is 5.50. The molecule has 1 heterocycles. The Morgan fingerprint density at radius 1 is 1.24 bits per heavy atom. The van der Waals surface area contributed by atoms with Gasteiger partial charge in [0.05, 0.1) is 6.61 Å². The van der Waals surface area contributed by atoms with Gasteiger partial charge in [-0.05, 0) is 19.1 Å². The van der Waals surface area contributed by atoms with Crippen LogP contribution in [0.4, 0.5) is 4.79 Å².